The Balaban J connectivity index is 0.000000232. The van der Waals surface area contributed by atoms with E-state index < -0.39 is 36.5 Å². The number of anilines is 2. The lowest BCUT2D eigenvalue weighted by Crippen LogP contribution is -2.57. The molecule has 2 aliphatic rings. The van der Waals surface area contributed by atoms with Crippen LogP contribution in [0.25, 0.3) is 11.5 Å². The molecule has 5 amide bonds. The maximum absolute atomic E-state index is 13.5. The lowest BCUT2D eigenvalue weighted by atomic mass is 10.0. The summed E-state index contributed by atoms with van der Waals surface area (Å²) in [7, 11) is 0. The Kier molecular flexibility index (Phi) is 17.0. The topological polar surface area (TPSA) is 139 Å². The van der Waals surface area contributed by atoms with Gasteiger partial charge in [0, 0.05) is 85.9 Å². The van der Waals surface area contributed by atoms with Crippen LogP contribution < -0.4 is 15.1 Å². The highest BCUT2D eigenvalue weighted by atomic mass is 19.4. The molecule has 2 saturated heterocycles. The van der Waals surface area contributed by atoms with Crippen molar-refractivity contribution < 1.29 is 49.9 Å². The molecule has 0 bridgehead atoms. The van der Waals surface area contributed by atoms with Crippen LogP contribution in [0, 0.1) is 0 Å². The quantitative estimate of drug-likeness (QED) is 0.107. The van der Waals surface area contributed by atoms with E-state index in [0.29, 0.717) is 38.3 Å². The van der Waals surface area contributed by atoms with Gasteiger partial charge in [-0.2, -0.15) is 26.3 Å². The first kappa shape index (κ1) is 53.5. The SMILES string of the molecule is CC(C)(C)N1CCN(C(=O)N(Cc2ccc(-c3nnc(C(F)(F)F)o3)cc2)c2ccccc2)CC1.CC(C)(C)N1CCN(C(=O)N(Cc2ccc(C(=O)CNC(=O)C(F)(F)F)cc2)c2ccccc2)CC1. The number of carbonyl (C=O) groups is 4. The van der Waals surface area contributed by atoms with Crippen molar-refractivity contribution in [2.24, 2.45) is 0 Å². The van der Waals surface area contributed by atoms with Gasteiger partial charge in [-0.15, -0.1) is 10.2 Å². The van der Waals surface area contributed by atoms with E-state index >= 15 is 0 Å². The first-order valence-electron chi connectivity index (χ1n) is 23.1. The standard InChI is InChI=1S/C26H31F3N4O3.C25H28F3N5O2/c1-25(2,3)32-15-13-31(14-16-32)24(36)33(21-7-5-4-6-8-21)18-19-9-11-20(12-10-19)22(34)17-30-23(35)26(27,28)29;1-24(2,3)32-15-13-31(14-16-32)23(34)33(20-7-5-4-6-8-20)17-18-9-11-19(12-10-18)21-29-30-22(35-21)25(26,27)28/h4-12H,13-18H2,1-3H3,(H,30,35);4-12H,13-17H2,1-3H3. The zero-order chi connectivity index (χ0) is 51.7. The molecule has 0 atom stereocenters. The zero-order valence-electron chi connectivity index (χ0n) is 40.6. The average Bonchev–Trinajstić information content (AvgIpc) is 3.86. The average molecular weight is 992 g/mol. The summed E-state index contributed by atoms with van der Waals surface area (Å²) < 4.78 is 80.0. The minimum Gasteiger partial charge on any atom is -0.413 e. The first-order valence-corrected chi connectivity index (χ1v) is 23.1. The second kappa shape index (κ2) is 22.5. The number of urea groups is 2. The van der Waals surface area contributed by atoms with E-state index in [1.807, 2.05) is 70.5 Å². The van der Waals surface area contributed by atoms with Crippen LogP contribution in [0.4, 0.5) is 47.3 Å². The summed E-state index contributed by atoms with van der Waals surface area (Å²) in [5.41, 5.74) is 3.68. The molecule has 1 aromatic heterocycles. The van der Waals surface area contributed by atoms with Crippen LogP contribution in [0.3, 0.4) is 0 Å². The van der Waals surface area contributed by atoms with Gasteiger partial charge >= 0.3 is 36.2 Å². The molecule has 2 aliphatic heterocycles. The van der Waals surface area contributed by atoms with Crippen LogP contribution in [0.5, 0.6) is 0 Å². The Bertz CT molecular complexity index is 2550. The summed E-state index contributed by atoms with van der Waals surface area (Å²) in [5.74, 6) is -4.40. The number of aromatic nitrogens is 2. The van der Waals surface area contributed by atoms with E-state index in [1.54, 1.807) is 51.5 Å². The summed E-state index contributed by atoms with van der Waals surface area (Å²) in [6.45, 7) is 18.4. The zero-order valence-corrected chi connectivity index (χ0v) is 40.6. The highest BCUT2D eigenvalue weighted by Gasteiger charge is 2.40. The minimum absolute atomic E-state index is 0.0307. The van der Waals surface area contributed by atoms with Gasteiger partial charge in [-0.05, 0) is 89.1 Å². The number of nitrogens with one attached hydrogen (secondary N) is 1. The molecule has 4 aromatic carbocycles. The van der Waals surface area contributed by atoms with Crippen molar-refractivity contribution in [3.05, 3.63) is 132 Å². The third-order valence-electron chi connectivity index (χ3n) is 12.1. The lowest BCUT2D eigenvalue weighted by Gasteiger charge is -2.43. The smallest absolute Gasteiger partial charge is 0.413 e. The fraction of sp³-hybridized carbons (Fsp3) is 0.412. The first-order chi connectivity index (χ1) is 33.4. The predicted octanol–water partition coefficient (Wildman–Crippen LogP) is 9.39. The van der Waals surface area contributed by atoms with Crippen molar-refractivity contribution in [1.29, 1.82) is 0 Å². The largest absolute Gasteiger partial charge is 0.471 e. The highest BCUT2D eigenvalue weighted by Crippen LogP contribution is 2.31. The van der Waals surface area contributed by atoms with Crippen LogP contribution in [0.15, 0.2) is 114 Å². The number of Topliss-reactive ketones (excluding diaryl/α,β-unsaturated/α-hetero) is 1. The van der Waals surface area contributed by atoms with Crippen LogP contribution in [0.2, 0.25) is 0 Å². The summed E-state index contributed by atoms with van der Waals surface area (Å²) in [4.78, 5) is 62.0. The molecule has 7 rings (SSSR count). The van der Waals surface area contributed by atoms with Crippen molar-refractivity contribution >= 4 is 35.1 Å². The molecular weight excluding hydrogens is 933 g/mol. The molecule has 71 heavy (non-hydrogen) atoms. The molecule has 3 heterocycles. The Labute approximate surface area is 409 Å². The lowest BCUT2D eigenvalue weighted by molar-refractivity contribution is -0.173. The van der Waals surface area contributed by atoms with Crippen LogP contribution in [-0.4, -0.2) is 130 Å². The molecule has 0 unspecified atom stereocenters. The van der Waals surface area contributed by atoms with Crippen LogP contribution >= 0.6 is 0 Å². The van der Waals surface area contributed by atoms with Crippen molar-refractivity contribution in [3.8, 4) is 11.5 Å². The van der Waals surface area contributed by atoms with E-state index in [-0.39, 0.29) is 41.1 Å². The summed E-state index contributed by atoms with van der Waals surface area (Å²) >= 11 is 0. The molecule has 380 valence electrons. The second-order valence-electron chi connectivity index (χ2n) is 19.1. The number of rotatable bonds is 10. The predicted molar refractivity (Wildman–Crippen MR) is 256 cm³/mol. The molecule has 0 radical (unpaired) electrons. The van der Waals surface area contributed by atoms with Crippen molar-refractivity contribution in [2.75, 3.05) is 68.7 Å². The fourth-order valence-corrected chi connectivity index (χ4v) is 7.96. The van der Waals surface area contributed by atoms with E-state index in [2.05, 4.69) is 61.5 Å². The van der Waals surface area contributed by atoms with Gasteiger partial charge in [0.25, 0.3) is 0 Å². The number of hydrogen-bond acceptors (Lipinski definition) is 9. The van der Waals surface area contributed by atoms with Crippen molar-refractivity contribution in [2.45, 2.75) is 78.1 Å². The van der Waals surface area contributed by atoms with Gasteiger partial charge in [-0.3, -0.25) is 29.2 Å². The maximum Gasteiger partial charge on any atom is 0.471 e. The van der Waals surface area contributed by atoms with Gasteiger partial charge in [-0.25, -0.2) is 9.59 Å². The number of nitrogens with zero attached hydrogens (tertiary/aromatic N) is 8. The fourth-order valence-electron chi connectivity index (χ4n) is 7.96. The molecule has 20 heteroatoms. The molecule has 5 aromatic rings. The molecule has 14 nitrogen and oxygen atoms in total. The van der Waals surface area contributed by atoms with E-state index in [9.17, 15) is 45.5 Å². The van der Waals surface area contributed by atoms with Crippen LogP contribution in [-0.2, 0) is 24.1 Å². The number of hydrogen-bond donors (Lipinski definition) is 1. The third-order valence-corrected chi connectivity index (χ3v) is 12.1. The number of ketones is 1. The van der Waals surface area contributed by atoms with Crippen molar-refractivity contribution in [3.63, 3.8) is 0 Å². The molecule has 0 saturated carbocycles. The molecular formula is C51H59F6N9O5. The van der Waals surface area contributed by atoms with E-state index in [0.717, 1.165) is 48.7 Å². The summed E-state index contributed by atoms with van der Waals surface area (Å²) in [6, 6.07) is 31.5. The number of carbonyl (C=O) groups excluding carboxylic acids is 4. The number of benzene rings is 4. The number of amides is 5. The van der Waals surface area contributed by atoms with Crippen molar-refractivity contribution in [1.82, 2.24) is 35.1 Å². The highest BCUT2D eigenvalue weighted by molar-refractivity contribution is 6.00. The van der Waals surface area contributed by atoms with Gasteiger partial charge in [-0.1, -0.05) is 72.8 Å². The van der Waals surface area contributed by atoms with Gasteiger partial charge in [0.15, 0.2) is 5.78 Å². The Morgan fingerprint density at radius 1 is 0.563 bits per heavy atom. The number of para-hydroxylation sites is 2. The minimum atomic E-state index is -5.04. The van der Waals surface area contributed by atoms with Gasteiger partial charge in [0.1, 0.15) is 0 Å². The number of halogens is 6. The van der Waals surface area contributed by atoms with Gasteiger partial charge < -0.3 is 19.5 Å². The van der Waals surface area contributed by atoms with Crippen LogP contribution in [0.1, 0.15) is 68.9 Å². The summed E-state index contributed by atoms with van der Waals surface area (Å²) in [6.07, 6.45) is -9.74. The Hall–Kier alpha value is -6.80. The summed E-state index contributed by atoms with van der Waals surface area (Å²) in [5, 5.41) is 8.14. The van der Waals surface area contributed by atoms with E-state index in [1.165, 1.54) is 12.1 Å². The van der Waals surface area contributed by atoms with Gasteiger partial charge in [0.2, 0.25) is 5.89 Å². The molecule has 2 fully saturated rings. The maximum atomic E-state index is 13.5. The van der Waals surface area contributed by atoms with E-state index in [4.69, 9.17) is 4.42 Å². The monoisotopic (exact) mass is 991 g/mol. The Morgan fingerprint density at radius 3 is 1.34 bits per heavy atom. The third kappa shape index (κ3) is 14.6. The molecule has 0 aliphatic carbocycles. The van der Waals surface area contributed by atoms with Gasteiger partial charge in [0.05, 0.1) is 19.6 Å². The normalized spacial score (nSPS) is 15.1. The molecule has 1 N–H and O–H groups in total. The number of alkyl halides is 6. The number of piperazine rings is 2. The molecule has 0 spiro atoms. The second-order valence-corrected chi connectivity index (χ2v) is 19.1. The Morgan fingerprint density at radius 2 is 0.972 bits per heavy atom.